The number of nitrogens with one attached hydrogen (secondary N) is 1. The van der Waals surface area contributed by atoms with Crippen LogP contribution in [0.1, 0.15) is 24.8 Å². The molecule has 1 atom stereocenters. The minimum Gasteiger partial charge on any atom is -0.324 e. The largest absolute Gasteiger partial charge is 0.324 e. The van der Waals surface area contributed by atoms with Crippen molar-refractivity contribution in [2.24, 2.45) is 0 Å². The van der Waals surface area contributed by atoms with Gasteiger partial charge in [0.25, 0.3) is 5.69 Å². The number of carbonyl (C=O) groups excluding carboxylic acids is 3. The summed E-state index contributed by atoms with van der Waals surface area (Å²) >= 11 is 0. The molecule has 0 unspecified atom stereocenters. The van der Waals surface area contributed by atoms with E-state index in [1.807, 2.05) is 0 Å². The minimum atomic E-state index is -0.798. The van der Waals surface area contributed by atoms with E-state index in [1.165, 1.54) is 29.2 Å². The van der Waals surface area contributed by atoms with Gasteiger partial charge in [-0.1, -0.05) is 12.1 Å². The average molecular weight is 329 g/mol. The van der Waals surface area contributed by atoms with Gasteiger partial charge in [0.05, 0.1) is 16.9 Å². The summed E-state index contributed by atoms with van der Waals surface area (Å²) < 4.78 is 0. The zero-order chi connectivity index (χ0) is 17.3. The van der Waals surface area contributed by atoms with Gasteiger partial charge in [-0.25, -0.2) is 0 Å². The summed E-state index contributed by atoms with van der Waals surface area (Å²) in [5.74, 6) is -1.30. The fourth-order valence-electron chi connectivity index (χ4n) is 2.75. The molecule has 1 aliphatic carbocycles. The number of amides is 3. The van der Waals surface area contributed by atoms with Crippen LogP contribution in [0.15, 0.2) is 30.3 Å². The molecular formula is C16H15N3O5. The van der Waals surface area contributed by atoms with Crippen molar-refractivity contribution in [3.8, 4) is 0 Å². The molecule has 2 aliphatic rings. The molecule has 8 nitrogen and oxygen atoms in total. The lowest BCUT2D eigenvalue weighted by Gasteiger charge is -2.25. The van der Waals surface area contributed by atoms with E-state index in [0.717, 1.165) is 12.8 Å². The first kappa shape index (κ1) is 15.9. The molecule has 0 spiro atoms. The summed E-state index contributed by atoms with van der Waals surface area (Å²) in [6.07, 6.45) is 4.10. The molecule has 1 aromatic rings. The monoisotopic (exact) mass is 329 g/mol. The number of carbonyl (C=O) groups is 3. The highest BCUT2D eigenvalue weighted by atomic mass is 16.6. The highest BCUT2D eigenvalue weighted by molar-refractivity contribution is 6.08. The zero-order valence-electron chi connectivity index (χ0n) is 12.7. The molecule has 24 heavy (non-hydrogen) atoms. The molecule has 0 aromatic heterocycles. The summed E-state index contributed by atoms with van der Waals surface area (Å²) in [7, 11) is 0. The molecule has 1 heterocycles. The van der Waals surface area contributed by atoms with E-state index in [0.29, 0.717) is 5.56 Å². The van der Waals surface area contributed by atoms with Crippen LogP contribution in [0, 0.1) is 10.1 Å². The second-order valence-electron chi connectivity index (χ2n) is 5.76. The number of nitro groups is 1. The third kappa shape index (κ3) is 3.17. The predicted octanol–water partition coefficient (Wildman–Crippen LogP) is 1.01. The fourth-order valence-corrected chi connectivity index (χ4v) is 2.75. The Bertz CT molecular complexity index is 754. The SMILES string of the molecule is O=C1C[C@H](N(C(=O)/C=C\c2ccccc2[N+](=O)[O-])C2CC2)C(=O)N1. The van der Waals surface area contributed by atoms with Crippen molar-refractivity contribution in [2.75, 3.05) is 0 Å². The standard InChI is InChI=1S/C16H15N3O5/c20-14-9-13(16(22)17-14)18(11-6-7-11)15(21)8-5-10-3-1-2-4-12(10)19(23)24/h1-5,8,11,13H,6-7,9H2,(H,17,20,22)/b8-5-/t13-/m0/s1. The van der Waals surface area contributed by atoms with E-state index >= 15 is 0 Å². The third-order valence-electron chi connectivity index (χ3n) is 4.01. The van der Waals surface area contributed by atoms with Crippen LogP contribution < -0.4 is 5.32 Å². The Hall–Kier alpha value is -3.03. The normalized spacial score (nSPS) is 20.2. The Balaban J connectivity index is 1.81. The number of imide groups is 1. The molecule has 3 rings (SSSR count). The van der Waals surface area contributed by atoms with Gasteiger partial charge in [-0.05, 0) is 25.0 Å². The maximum Gasteiger partial charge on any atom is 0.276 e. The summed E-state index contributed by atoms with van der Waals surface area (Å²) in [5.41, 5.74) is 0.201. The van der Waals surface area contributed by atoms with Crippen LogP contribution in [0.4, 0.5) is 5.69 Å². The molecule has 8 heteroatoms. The predicted molar refractivity (Wildman–Crippen MR) is 83.6 cm³/mol. The van der Waals surface area contributed by atoms with Gasteiger partial charge in [0.2, 0.25) is 17.7 Å². The van der Waals surface area contributed by atoms with Gasteiger partial charge in [-0.3, -0.25) is 29.8 Å². The minimum absolute atomic E-state index is 0.0413. The van der Waals surface area contributed by atoms with E-state index in [2.05, 4.69) is 5.32 Å². The molecule has 1 aliphatic heterocycles. The number of nitro benzene ring substituents is 1. The number of para-hydroxylation sites is 1. The Morgan fingerprint density at radius 2 is 2.00 bits per heavy atom. The first-order chi connectivity index (χ1) is 11.5. The molecule has 1 saturated carbocycles. The number of benzene rings is 1. The van der Waals surface area contributed by atoms with E-state index in [-0.39, 0.29) is 18.2 Å². The molecular weight excluding hydrogens is 314 g/mol. The zero-order valence-corrected chi connectivity index (χ0v) is 12.7. The molecule has 3 amide bonds. The van der Waals surface area contributed by atoms with Crippen LogP contribution in [-0.2, 0) is 14.4 Å². The second kappa shape index (κ2) is 6.23. The van der Waals surface area contributed by atoms with Crippen LogP contribution >= 0.6 is 0 Å². The lowest BCUT2D eigenvalue weighted by Crippen LogP contribution is -2.45. The van der Waals surface area contributed by atoms with Gasteiger partial charge < -0.3 is 4.90 Å². The van der Waals surface area contributed by atoms with Gasteiger partial charge in [0.15, 0.2) is 0 Å². The molecule has 1 N–H and O–H groups in total. The molecule has 124 valence electrons. The first-order valence-electron chi connectivity index (χ1n) is 7.55. The van der Waals surface area contributed by atoms with Crippen molar-refractivity contribution >= 4 is 29.5 Å². The lowest BCUT2D eigenvalue weighted by molar-refractivity contribution is -0.385. The van der Waals surface area contributed by atoms with Crippen molar-refractivity contribution in [1.29, 1.82) is 0 Å². The van der Waals surface area contributed by atoms with Gasteiger partial charge in [-0.2, -0.15) is 0 Å². The molecule has 0 radical (unpaired) electrons. The second-order valence-corrected chi connectivity index (χ2v) is 5.76. The van der Waals surface area contributed by atoms with Crippen molar-refractivity contribution in [1.82, 2.24) is 10.2 Å². The van der Waals surface area contributed by atoms with E-state index in [1.54, 1.807) is 12.1 Å². The maximum atomic E-state index is 12.5. The van der Waals surface area contributed by atoms with E-state index in [4.69, 9.17) is 0 Å². The van der Waals surface area contributed by atoms with Crippen LogP contribution in [0.3, 0.4) is 0 Å². The first-order valence-corrected chi connectivity index (χ1v) is 7.55. The van der Waals surface area contributed by atoms with Crippen molar-refractivity contribution in [2.45, 2.75) is 31.3 Å². The van der Waals surface area contributed by atoms with Crippen molar-refractivity contribution in [3.63, 3.8) is 0 Å². The number of nitrogens with zero attached hydrogens (tertiary/aromatic N) is 2. The van der Waals surface area contributed by atoms with Crippen LogP contribution in [0.25, 0.3) is 6.08 Å². The number of hydrogen-bond donors (Lipinski definition) is 1. The van der Waals surface area contributed by atoms with Gasteiger partial charge in [-0.15, -0.1) is 0 Å². The highest BCUT2D eigenvalue weighted by Gasteiger charge is 2.43. The van der Waals surface area contributed by atoms with Gasteiger partial charge >= 0.3 is 0 Å². The molecule has 1 aromatic carbocycles. The Morgan fingerprint density at radius 3 is 2.58 bits per heavy atom. The van der Waals surface area contributed by atoms with Crippen LogP contribution in [0.2, 0.25) is 0 Å². The lowest BCUT2D eigenvalue weighted by atomic mass is 10.1. The van der Waals surface area contributed by atoms with Gasteiger partial charge in [0.1, 0.15) is 6.04 Å². The Morgan fingerprint density at radius 1 is 1.29 bits per heavy atom. The molecule has 2 fully saturated rings. The highest BCUT2D eigenvalue weighted by Crippen LogP contribution is 2.31. The number of hydrogen-bond acceptors (Lipinski definition) is 5. The summed E-state index contributed by atoms with van der Waals surface area (Å²) in [4.78, 5) is 47.6. The third-order valence-corrected chi connectivity index (χ3v) is 4.01. The fraction of sp³-hybridized carbons (Fsp3) is 0.312. The Kier molecular flexibility index (Phi) is 4.11. The van der Waals surface area contributed by atoms with Crippen molar-refractivity contribution < 1.29 is 19.3 Å². The quantitative estimate of drug-likeness (QED) is 0.375. The van der Waals surface area contributed by atoms with E-state index in [9.17, 15) is 24.5 Å². The summed E-state index contributed by atoms with van der Waals surface area (Å²) in [6, 6.07) is 5.21. The summed E-state index contributed by atoms with van der Waals surface area (Å²) in [6.45, 7) is 0. The number of rotatable bonds is 5. The molecule has 0 bridgehead atoms. The maximum absolute atomic E-state index is 12.5. The topological polar surface area (TPSA) is 110 Å². The van der Waals surface area contributed by atoms with E-state index < -0.39 is 28.7 Å². The van der Waals surface area contributed by atoms with Gasteiger partial charge in [0, 0.05) is 18.2 Å². The average Bonchev–Trinajstić information content (AvgIpc) is 3.31. The van der Waals surface area contributed by atoms with Crippen molar-refractivity contribution in [3.05, 3.63) is 46.0 Å². The Labute approximate surface area is 137 Å². The van der Waals surface area contributed by atoms with Crippen LogP contribution in [0.5, 0.6) is 0 Å². The molecule has 1 saturated heterocycles. The summed E-state index contributed by atoms with van der Waals surface area (Å²) in [5, 5.41) is 13.2. The van der Waals surface area contributed by atoms with Crippen LogP contribution in [-0.4, -0.2) is 39.6 Å². The smallest absolute Gasteiger partial charge is 0.276 e.